The van der Waals surface area contributed by atoms with Crippen LogP contribution in [0.15, 0.2) is 23.3 Å². The Hall–Kier alpha value is -0.560. The van der Waals surface area contributed by atoms with Crippen LogP contribution in [0.2, 0.25) is 0 Å². The average Bonchev–Trinajstić information content (AvgIpc) is 2.58. The summed E-state index contributed by atoms with van der Waals surface area (Å²) in [6, 6.07) is 1.26. The molecule has 0 aromatic carbocycles. The third-order valence-corrected chi connectivity index (χ3v) is 3.41. The quantitative estimate of drug-likeness (QED) is 0.537. The van der Waals surface area contributed by atoms with Crippen molar-refractivity contribution in [2.75, 3.05) is 0 Å². The van der Waals surface area contributed by atoms with Gasteiger partial charge in [0, 0.05) is 12.1 Å². The predicted octanol–water partition coefficient (Wildman–Crippen LogP) is 2.16. The van der Waals surface area contributed by atoms with Crippen molar-refractivity contribution >= 4 is 0 Å². The fraction of sp³-hybridized carbons (Fsp3) is 0.636. The second-order valence-electron chi connectivity index (χ2n) is 4.12. The van der Waals surface area contributed by atoms with Crippen molar-refractivity contribution in [2.24, 2.45) is 0 Å². The maximum atomic E-state index is 3.61. The Morgan fingerprint density at radius 2 is 1.50 bits per heavy atom. The summed E-state index contributed by atoms with van der Waals surface area (Å²) in [5.41, 5.74) is 3.47. The van der Waals surface area contributed by atoms with Gasteiger partial charge in [-0.15, -0.1) is 0 Å². The van der Waals surface area contributed by atoms with Gasteiger partial charge in [-0.1, -0.05) is 18.6 Å². The predicted molar refractivity (Wildman–Crippen MR) is 50.0 cm³/mol. The van der Waals surface area contributed by atoms with Gasteiger partial charge in [0.2, 0.25) is 0 Å². The molecule has 2 atom stereocenters. The van der Waals surface area contributed by atoms with E-state index in [1.165, 1.54) is 32.1 Å². The van der Waals surface area contributed by atoms with Gasteiger partial charge in [-0.2, -0.15) is 0 Å². The minimum atomic E-state index is 0.628. The van der Waals surface area contributed by atoms with Crippen molar-refractivity contribution in [3.05, 3.63) is 23.3 Å². The highest BCUT2D eigenvalue weighted by Crippen LogP contribution is 2.37. The van der Waals surface area contributed by atoms with Crippen LogP contribution in [-0.4, -0.2) is 12.1 Å². The SMILES string of the molecule is C1=CC2NC1C1=C2CCCCC1. The van der Waals surface area contributed by atoms with E-state index in [-0.39, 0.29) is 0 Å². The molecule has 0 radical (unpaired) electrons. The van der Waals surface area contributed by atoms with Gasteiger partial charge < -0.3 is 0 Å². The lowest BCUT2D eigenvalue weighted by molar-refractivity contribution is 0.637. The van der Waals surface area contributed by atoms with E-state index in [0.29, 0.717) is 12.1 Å². The third kappa shape index (κ3) is 0.831. The van der Waals surface area contributed by atoms with Crippen LogP contribution in [0.3, 0.4) is 0 Å². The summed E-state index contributed by atoms with van der Waals surface area (Å²) in [7, 11) is 0. The van der Waals surface area contributed by atoms with Gasteiger partial charge >= 0.3 is 0 Å². The Labute approximate surface area is 73.5 Å². The number of rotatable bonds is 0. The molecule has 64 valence electrons. The summed E-state index contributed by atoms with van der Waals surface area (Å²) in [6.07, 6.45) is 11.7. The molecular weight excluding hydrogens is 146 g/mol. The minimum absolute atomic E-state index is 0.628. The van der Waals surface area contributed by atoms with E-state index in [1.807, 2.05) is 0 Å². The molecule has 0 aromatic heterocycles. The lowest BCUT2D eigenvalue weighted by Gasteiger charge is -2.10. The Kier molecular flexibility index (Phi) is 1.42. The first-order valence-electron chi connectivity index (χ1n) is 5.11. The second-order valence-corrected chi connectivity index (χ2v) is 4.12. The molecule has 0 saturated carbocycles. The van der Waals surface area contributed by atoms with Crippen LogP contribution in [0.5, 0.6) is 0 Å². The van der Waals surface area contributed by atoms with E-state index in [0.717, 1.165) is 0 Å². The normalized spacial score (nSPS) is 38.7. The highest BCUT2D eigenvalue weighted by Gasteiger charge is 2.33. The highest BCUT2D eigenvalue weighted by atomic mass is 15.0. The van der Waals surface area contributed by atoms with Crippen LogP contribution in [0.25, 0.3) is 0 Å². The number of hydrogen-bond acceptors (Lipinski definition) is 1. The van der Waals surface area contributed by atoms with Crippen molar-refractivity contribution < 1.29 is 0 Å². The standard InChI is InChI=1S/C11H15N/c1-2-4-8-9(5-3-1)11-7-6-10(8)12-11/h6-7,10-12H,1-5H2. The van der Waals surface area contributed by atoms with Gasteiger partial charge in [-0.3, -0.25) is 5.32 Å². The van der Waals surface area contributed by atoms with Crippen molar-refractivity contribution in [1.82, 2.24) is 5.32 Å². The van der Waals surface area contributed by atoms with Crippen LogP contribution in [0.4, 0.5) is 0 Å². The van der Waals surface area contributed by atoms with E-state index < -0.39 is 0 Å². The lowest BCUT2D eigenvalue weighted by Crippen LogP contribution is -2.23. The first kappa shape index (κ1) is 6.90. The van der Waals surface area contributed by atoms with Crippen LogP contribution >= 0.6 is 0 Å². The Morgan fingerprint density at radius 3 is 2.08 bits per heavy atom. The summed E-state index contributed by atoms with van der Waals surface area (Å²) in [5.74, 6) is 0. The molecule has 2 bridgehead atoms. The summed E-state index contributed by atoms with van der Waals surface area (Å²) in [5, 5.41) is 3.61. The van der Waals surface area contributed by atoms with E-state index in [2.05, 4.69) is 17.5 Å². The minimum Gasteiger partial charge on any atom is -0.297 e. The molecule has 2 aliphatic heterocycles. The summed E-state index contributed by atoms with van der Waals surface area (Å²) in [4.78, 5) is 0. The molecule has 0 amide bonds. The smallest absolute Gasteiger partial charge is 0.0476 e. The lowest BCUT2D eigenvalue weighted by atomic mass is 9.94. The largest absolute Gasteiger partial charge is 0.297 e. The molecule has 3 rings (SSSR count). The molecule has 1 heteroatoms. The van der Waals surface area contributed by atoms with Gasteiger partial charge in [0.05, 0.1) is 0 Å². The van der Waals surface area contributed by atoms with Gasteiger partial charge in [0.25, 0.3) is 0 Å². The van der Waals surface area contributed by atoms with Crippen molar-refractivity contribution in [1.29, 1.82) is 0 Å². The molecule has 1 nitrogen and oxygen atoms in total. The zero-order valence-corrected chi connectivity index (χ0v) is 7.34. The fourth-order valence-electron chi connectivity index (χ4n) is 2.80. The molecule has 1 N–H and O–H groups in total. The topological polar surface area (TPSA) is 12.0 Å². The van der Waals surface area contributed by atoms with Gasteiger partial charge in [-0.05, 0) is 36.8 Å². The van der Waals surface area contributed by atoms with E-state index >= 15 is 0 Å². The number of fused-ring (bicyclic) bond motifs is 4. The monoisotopic (exact) mass is 161 g/mol. The summed E-state index contributed by atoms with van der Waals surface area (Å²) < 4.78 is 0. The van der Waals surface area contributed by atoms with Crippen LogP contribution < -0.4 is 5.32 Å². The maximum Gasteiger partial charge on any atom is 0.0476 e. The molecule has 12 heavy (non-hydrogen) atoms. The van der Waals surface area contributed by atoms with E-state index in [9.17, 15) is 0 Å². The van der Waals surface area contributed by atoms with Crippen molar-refractivity contribution in [3.8, 4) is 0 Å². The van der Waals surface area contributed by atoms with Crippen LogP contribution in [0.1, 0.15) is 32.1 Å². The molecule has 0 fully saturated rings. The van der Waals surface area contributed by atoms with Gasteiger partial charge in [-0.25, -0.2) is 0 Å². The molecule has 0 spiro atoms. The Morgan fingerprint density at radius 1 is 0.917 bits per heavy atom. The highest BCUT2D eigenvalue weighted by molar-refractivity contribution is 5.43. The van der Waals surface area contributed by atoms with Crippen LogP contribution in [0, 0.1) is 0 Å². The van der Waals surface area contributed by atoms with E-state index in [4.69, 9.17) is 0 Å². The molecule has 1 aliphatic carbocycles. The Balaban J connectivity index is 1.95. The first-order valence-corrected chi connectivity index (χ1v) is 5.11. The zero-order chi connectivity index (χ0) is 7.97. The second kappa shape index (κ2) is 2.46. The van der Waals surface area contributed by atoms with Gasteiger partial charge in [0.1, 0.15) is 0 Å². The third-order valence-electron chi connectivity index (χ3n) is 3.41. The Bertz CT molecular complexity index is 238. The molecule has 2 unspecified atom stereocenters. The molecular formula is C11H15N. The molecule has 0 saturated heterocycles. The van der Waals surface area contributed by atoms with Crippen molar-refractivity contribution in [2.45, 2.75) is 44.2 Å². The summed E-state index contributed by atoms with van der Waals surface area (Å²) >= 11 is 0. The van der Waals surface area contributed by atoms with Crippen molar-refractivity contribution in [3.63, 3.8) is 0 Å². The maximum absolute atomic E-state index is 3.61. The van der Waals surface area contributed by atoms with Crippen LogP contribution in [-0.2, 0) is 0 Å². The molecule has 0 aromatic rings. The summed E-state index contributed by atoms with van der Waals surface area (Å²) in [6.45, 7) is 0. The fourth-order valence-corrected chi connectivity index (χ4v) is 2.80. The van der Waals surface area contributed by atoms with E-state index in [1.54, 1.807) is 11.1 Å². The first-order chi connectivity index (χ1) is 5.95. The number of nitrogens with one attached hydrogen (secondary N) is 1. The molecule has 2 heterocycles. The molecule has 3 aliphatic rings. The average molecular weight is 161 g/mol. The van der Waals surface area contributed by atoms with Gasteiger partial charge in [0.15, 0.2) is 0 Å². The number of hydrogen-bond donors (Lipinski definition) is 1. The zero-order valence-electron chi connectivity index (χ0n) is 7.34.